The zero-order chi connectivity index (χ0) is 20.2. The first-order valence-electron chi connectivity index (χ1n) is 9.29. The fraction of sp³-hybridized carbons (Fsp3) is 0.130. The molecule has 0 aliphatic heterocycles. The number of halogens is 1. The van der Waals surface area contributed by atoms with Crippen molar-refractivity contribution in [3.63, 3.8) is 0 Å². The number of carbonyl (C=O) groups is 1. The van der Waals surface area contributed by atoms with Crippen LogP contribution in [0.5, 0.6) is 5.75 Å². The quantitative estimate of drug-likeness (QED) is 0.444. The lowest BCUT2D eigenvalue weighted by Gasteiger charge is -2.06. The third-order valence-electron chi connectivity index (χ3n) is 4.34. The van der Waals surface area contributed by atoms with Gasteiger partial charge in [0.25, 0.3) is 0 Å². The molecule has 3 aromatic carbocycles. The summed E-state index contributed by atoms with van der Waals surface area (Å²) in [5.41, 5.74) is 3.68. The summed E-state index contributed by atoms with van der Waals surface area (Å²) in [5.74, 6) is 1.17. The Kier molecular flexibility index (Phi) is 5.49. The van der Waals surface area contributed by atoms with Crippen molar-refractivity contribution in [3.05, 3.63) is 77.3 Å². The number of oxazole rings is 1. The molecule has 1 N–H and O–H groups in total. The molecule has 1 heterocycles. The number of hydrogen-bond donors (Lipinski definition) is 1. The number of nitrogens with zero attached hydrogens (tertiary/aromatic N) is 1. The zero-order valence-corrected chi connectivity index (χ0v) is 16.6. The Morgan fingerprint density at radius 2 is 1.93 bits per heavy atom. The standard InChI is InChI=1S/C23H19ClN2O3/c1-2-28-19-9-6-15(7-10-19)12-22(27)25-18-8-11-20-21(14-18)29-23(26-20)16-4-3-5-17(24)13-16/h3-11,13-14H,2,12H2,1H3,(H,25,27). The molecule has 0 bridgehead atoms. The summed E-state index contributed by atoms with van der Waals surface area (Å²) < 4.78 is 11.3. The summed E-state index contributed by atoms with van der Waals surface area (Å²) in [6.45, 7) is 2.55. The van der Waals surface area contributed by atoms with E-state index in [1.54, 1.807) is 18.2 Å². The fourth-order valence-electron chi connectivity index (χ4n) is 3.01. The van der Waals surface area contributed by atoms with E-state index in [-0.39, 0.29) is 12.3 Å². The molecule has 1 aromatic heterocycles. The second-order valence-corrected chi connectivity index (χ2v) is 6.95. The molecule has 29 heavy (non-hydrogen) atoms. The number of anilines is 1. The second-order valence-electron chi connectivity index (χ2n) is 6.51. The number of hydrogen-bond acceptors (Lipinski definition) is 4. The van der Waals surface area contributed by atoms with Crippen LogP contribution in [0.4, 0.5) is 5.69 Å². The molecule has 0 aliphatic rings. The van der Waals surface area contributed by atoms with E-state index in [1.807, 2.05) is 55.5 Å². The molecule has 4 rings (SSSR count). The van der Waals surface area contributed by atoms with Crippen LogP contribution in [0, 0.1) is 0 Å². The van der Waals surface area contributed by atoms with Crippen LogP contribution in [0.2, 0.25) is 5.02 Å². The molecule has 1 amide bonds. The topological polar surface area (TPSA) is 64.4 Å². The average molecular weight is 407 g/mol. The van der Waals surface area contributed by atoms with Gasteiger partial charge in [0.15, 0.2) is 5.58 Å². The van der Waals surface area contributed by atoms with Crippen LogP contribution < -0.4 is 10.1 Å². The predicted octanol–water partition coefficient (Wildman–Crippen LogP) is 5.73. The number of fused-ring (bicyclic) bond motifs is 1. The highest BCUT2D eigenvalue weighted by Crippen LogP contribution is 2.27. The third kappa shape index (κ3) is 4.58. The molecule has 0 atom stereocenters. The SMILES string of the molecule is CCOc1ccc(CC(=O)Nc2ccc3nc(-c4cccc(Cl)c4)oc3c2)cc1. The monoisotopic (exact) mass is 406 g/mol. The van der Waals surface area contributed by atoms with Crippen LogP contribution in [0.1, 0.15) is 12.5 Å². The van der Waals surface area contributed by atoms with Gasteiger partial charge < -0.3 is 14.5 Å². The molecule has 146 valence electrons. The van der Waals surface area contributed by atoms with Gasteiger partial charge in [-0.2, -0.15) is 0 Å². The summed E-state index contributed by atoms with van der Waals surface area (Å²) in [5, 5.41) is 3.52. The Hall–Kier alpha value is -3.31. The Labute approximate surface area is 173 Å². The largest absolute Gasteiger partial charge is 0.494 e. The van der Waals surface area contributed by atoms with Gasteiger partial charge in [-0.05, 0) is 55.0 Å². The van der Waals surface area contributed by atoms with Crippen molar-refractivity contribution in [3.8, 4) is 17.2 Å². The number of nitrogens with one attached hydrogen (secondary N) is 1. The van der Waals surface area contributed by atoms with E-state index in [0.29, 0.717) is 34.3 Å². The lowest BCUT2D eigenvalue weighted by molar-refractivity contribution is -0.115. The number of rotatable bonds is 6. The lowest BCUT2D eigenvalue weighted by Crippen LogP contribution is -2.14. The van der Waals surface area contributed by atoms with Crippen molar-refractivity contribution in [1.82, 2.24) is 4.98 Å². The molecule has 0 aliphatic carbocycles. The lowest BCUT2D eigenvalue weighted by atomic mass is 10.1. The first-order chi connectivity index (χ1) is 14.1. The number of aromatic nitrogens is 1. The van der Waals surface area contributed by atoms with E-state index in [0.717, 1.165) is 16.9 Å². The molecule has 0 saturated heterocycles. The summed E-state index contributed by atoms with van der Waals surface area (Å²) in [4.78, 5) is 16.9. The second kappa shape index (κ2) is 8.37. The number of benzene rings is 3. The third-order valence-corrected chi connectivity index (χ3v) is 4.58. The molecule has 0 spiro atoms. The highest BCUT2D eigenvalue weighted by Gasteiger charge is 2.11. The van der Waals surface area contributed by atoms with Crippen molar-refractivity contribution in [2.24, 2.45) is 0 Å². The van der Waals surface area contributed by atoms with Gasteiger partial charge in [-0.25, -0.2) is 4.98 Å². The molecule has 0 unspecified atom stereocenters. The summed E-state index contributed by atoms with van der Waals surface area (Å²) >= 11 is 6.04. The molecule has 4 aromatic rings. The van der Waals surface area contributed by atoms with Crippen molar-refractivity contribution in [2.45, 2.75) is 13.3 Å². The van der Waals surface area contributed by atoms with Crippen molar-refractivity contribution >= 4 is 34.3 Å². The highest BCUT2D eigenvalue weighted by molar-refractivity contribution is 6.30. The molecular formula is C23H19ClN2O3. The van der Waals surface area contributed by atoms with Crippen molar-refractivity contribution in [1.29, 1.82) is 0 Å². The maximum absolute atomic E-state index is 12.4. The molecule has 5 nitrogen and oxygen atoms in total. The molecule has 6 heteroatoms. The number of amides is 1. The van der Waals surface area contributed by atoms with Crippen LogP contribution >= 0.6 is 11.6 Å². The minimum atomic E-state index is -0.108. The van der Waals surface area contributed by atoms with E-state index in [9.17, 15) is 4.79 Å². The van der Waals surface area contributed by atoms with Gasteiger partial charge in [-0.15, -0.1) is 0 Å². The van der Waals surface area contributed by atoms with Crippen LogP contribution in [0.15, 0.2) is 71.1 Å². The van der Waals surface area contributed by atoms with E-state index in [4.69, 9.17) is 20.8 Å². The van der Waals surface area contributed by atoms with Crippen LogP contribution in [-0.2, 0) is 11.2 Å². The average Bonchev–Trinajstić information content (AvgIpc) is 3.13. The predicted molar refractivity (Wildman–Crippen MR) is 114 cm³/mol. The minimum Gasteiger partial charge on any atom is -0.494 e. The molecular weight excluding hydrogens is 388 g/mol. The molecule has 0 radical (unpaired) electrons. The van der Waals surface area contributed by atoms with E-state index in [2.05, 4.69) is 10.3 Å². The van der Waals surface area contributed by atoms with E-state index < -0.39 is 0 Å². The Morgan fingerprint density at radius 1 is 1.10 bits per heavy atom. The Balaban J connectivity index is 1.47. The Morgan fingerprint density at radius 3 is 2.69 bits per heavy atom. The van der Waals surface area contributed by atoms with Crippen molar-refractivity contribution in [2.75, 3.05) is 11.9 Å². The highest BCUT2D eigenvalue weighted by atomic mass is 35.5. The number of ether oxygens (including phenoxy) is 1. The summed E-state index contributed by atoms with van der Waals surface area (Å²) in [6.07, 6.45) is 0.272. The van der Waals surface area contributed by atoms with Gasteiger partial charge in [-0.3, -0.25) is 4.79 Å². The molecule has 0 fully saturated rings. The van der Waals surface area contributed by atoms with Gasteiger partial charge in [0.2, 0.25) is 11.8 Å². The number of carbonyl (C=O) groups excluding carboxylic acids is 1. The van der Waals surface area contributed by atoms with Crippen LogP contribution in [-0.4, -0.2) is 17.5 Å². The zero-order valence-electron chi connectivity index (χ0n) is 15.8. The van der Waals surface area contributed by atoms with Crippen LogP contribution in [0.3, 0.4) is 0 Å². The van der Waals surface area contributed by atoms with Gasteiger partial charge in [0.05, 0.1) is 13.0 Å². The first-order valence-corrected chi connectivity index (χ1v) is 9.66. The maximum Gasteiger partial charge on any atom is 0.228 e. The van der Waals surface area contributed by atoms with Gasteiger partial charge >= 0.3 is 0 Å². The first kappa shape index (κ1) is 19.0. The van der Waals surface area contributed by atoms with Gasteiger partial charge in [-0.1, -0.05) is 29.8 Å². The normalized spacial score (nSPS) is 10.8. The van der Waals surface area contributed by atoms with Crippen molar-refractivity contribution < 1.29 is 13.9 Å². The smallest absolute Gasteiger partial charge is 0.228 e. The van der Waals surface area contributed by atoms with Gasteiger partial charge in [0.1, 0.15) is 11.3 Å². The minimum absolute atomic E-state index is 0.108. The maximum atomic E-state index is 12.4. The fourth-order valence-corrected chi connectivity index (χ4v) is 3.20. The molecule has 0 saturated carbocycles. The van der Waals surface area contributed by atoms with E-state index >= 15 is 0 Å². The summed E-state index contributed by atoms with van der Waals surface area (Å²) in [6, 6.07) is 20.2. The summed E-state index contributed by atoms with van der Waals surface area (Å²) in [7, 11) is 0. The Bertz CT molecular complexity index is 1150. The van der Waals surface area contributed by atoms with Crippen LogP contribution in [0.25, 0.3) is 22.6 Å². The van der Waals surface area contributed by atoms with E-state index in [1.165, 1.54) is 0 Å². The van der Waals surface area contributed by atoms with Gasteiger partial charge in [0, 0.05) is 22.3 Å².